The van der Waals surface area contributed by atoms with Crippen LogP contribution >= 0.6 is 0 Å². The van der Waals surface area contributed by atoms with Gasteiger partial charge in [0.15, 0.2) is 11.5 Å². The first-order valence-corrected chi connectivity index (χ1v) is 13.9. The van der Waals surface area contributed by atoms with Gasteiger partial charge in [-0.25, -0.2) is 19.1 Å². The highest BCUT2D eigenvalue weighted by molar-refractivity contribution is 6.11. The number of H-pyrrole nitrogens is 1. The van der Waals surface area contributed by atoms with Gasteiger partial charge in [-0.15, -0.1) is 0 Å². The number of hydrogen-bond donors (Lipinski definition) is 1. The van der Waals surface area contributed by atoms with E-state index in [1.165, 1.54) is 9.42 Å². The molecule has 1 aromatic carbocycles. The minimum absolute atomic E-state index is 0.0134. The third kappa shape index (κ3) is 5.91. The maximum Gasteiger partial charge on any atom is 0.331 e. The lowest BCUT2D eigenvalue weighted by Gasteiger charge is -2.37. The van der Waals surface area contributed by atoms with Crippen LogP contribution in [0.15, 0.2) is 24.3 Å². The maximum atomic E-state index is 13.9. The second-order valence-corrected chi connectivity index (χ2v) is 10.8. The van der Waals surface area contributed by atoms with Crippen molar-refractivity contribution < 1.29 is 23.8 Å². The van der Waals surface area contributed by atoms with E-state index in [0.717, 1.165) is 24.0 Å². The van der Waals surface area contributed by atoms with Gasteiger partial charge in [0.2, 0.25) is 5.69 Å². The molecule has 2 unspecified atom stereocenters. The van der Waals surface area contributed by atoms with Gasteiger partial charge < -0.3 is 14.2 Å². The zero-order valence-corrected chi connectivity index (χ0v) is 24.2. The number of aryl methyl sites for hydroxylation is 1. The summed E-state index contributed by atoms with van der Waals surface area (Å²) in [5.74, 6) is 0.193. The van der Waals surface area contributed by atoms with E-state index in [0.29, 0.717) is 25.0 Å². The molecule has 2 heterocycles. The van der Waals surface area contributed by atoms with Crippen molar-refractivity contribution in [3.63, 3.8) is 0 Å². The van der Waals surface area contributed by atoms with Gasteiger partial charge in [0, 0.05) is 18.8 Å². The second kappa shape index (κ2) is 12.7. The van der Waals surface area contributed by atoms with Crippen LogP contribution in [0.25, 0.3) is 21.9 Å². The lowest BCUT2D eigenvalue weighted by atomic mass is 9.75. The number of carbonyl (C=O) groups excluding carboxylic acids is 2. The van der Waals surface area contributed by atoms with E-state index < -0.39 is 11.9 Å². The highest BCUT2D eigenvalue weighted by Crippen LogP contribution is 2.38. The van der Waals surface area contributed by atoms with E-state index in [4.69, 9.17) is 25.8 Å². The minimum Gasteiger partial charge on any atom is -0.459 e. The SMILES string of the molecule is [C-]#[N+]c1c(C(=O)OC2C(C)CC(C)CC2C)c2nc(-c3ccc(C)cc3)[nH]n2c1C(=O)N(COCC)COCC. The van der Waals surface area contributed by atoms with Crippen LogP contribution in [0.2, 0.25) is 0 Å². The van der Waals surface area contributed by atoms with Crippen molar-refractivity contribution in [1.29, 1.82) is 0 Å². The van der Waals surface area contributed by atoms with E-state index in [1.807, 2.05) is 45.0 Å². The van der Waals surface area contributed by atoms with Crippen LogP contribution in [-0.2, 0) is 14.2 Å². The molecule has 2 aromatic heterocycles. The van der Waals surface area contributed by atoms with Crippen LogP contribution in [0.3, 0.4) is 0 Å². The first-order chi connectivity index (χ1) is 19.2. The lowest BCUT2D eigenvalue weighted by Crippen LogP contribution is -2.37. The summed E-state index contributed by atoms with van der Waals surface area (Å²) < 4.78 is 18.5. The Labute approximate surface area is 235 Å². The fraction of sp³-hybridized carbons (Fsp3) is 0.533. The predicted octanol–water partition coefficient (Wildman–Crippen LogP) is 5.85. The Morgan fingerprint density at radius 2 is 1.68 bits per heavy atom. The molecule has 0 saturated heterocycles. The van der Waals surface area contributed by atoms with Gasteiger partial charge in [-0.3, -0.25) is 14.8 Å². The van der Waals surface area contributed by atoms with Crippen molar-refractivity contribution >= 4 is 23.2 Å². The maximum absolute atomic E-state index is 13.9. The summed E-state index contributed by atoms with van der Waals surface area (Å²) in [4.78, 5) is 37.4. The molecule has 2 atom stereocenters. The van der Waals surface area contributed by atoms with Gasteiger partial charge in [-0.1, -0.05) is 50.6 Å². The molecule has 0 bridgehead atoms. The molecular weight excluding hydrogens is 510 g/mol. The topological polar surface area (TPSA) is 103 Å². The normalized spacial score (nSPS) is 20.8. The summed E-state index contributed by atoms with van der Waals surface area (Å²) in [6.45, 7) is 20.8. The Morgan fingerprint density at radius 1 is 1.07 bits per heavy atom. The molecule has 1 saturated carbocycles. The number of aromatic amines is 1. The number of nitrogens with zero attached hydrogens (tertiary/aromatic N) is 4. The number of carbonyl (C=O) groups is 2. The highest BCUT2D eigenvalue weighted by atomic mass is 16.5. The Hall–Kier alpha value is -3.68. The number of ether oxygens (including phenoxy) is 3. The fourth-order valence-corrected chi connectivity index (χ4v) is 5.65. The summed E-state index contributed by atoms with van der Waals surface area (Å²) in [7, 11) is 0. The molecule has 1 amide bonds. The number of benzene rings is 1. The molecule has 0 radical (unpaired) electrons. The standard InChI is InChI=1S/C30H39N5O5/c1-8-38-16-34(17-39-9-2)29(36)25-24(31-7)23(30(37)40-26-20(5)14-19(4)15-21(26)6)28-32-27(33-35(25)28)22-12-10-18(3)11-13-22/h10-13,19-21,26H,8-9,14-17H2,1-6H3,(H,32,33). The molecule has 40 heavy (non-hydrogen) atoms. The van der Waals surface area contributed by atoms with Crippen molar-refractivity contribution in [2.75, 3.05) is 26.7 Å². The van der Waals surface area contributed by atoms with Crippen LogP contribution in [0, 0.1) is 31.2 Å². The summed E-state index contributed by atoms with van der Waals surface area (Å²) in [5, 5.41) is 3.15. The monoisotopic (exact) mass is 549 g/mol. The third-order valence-corrected chi connectivity index (χ3v) is 7.50. The number of fused-ring (bicyclic) bond motifs is 1. The van der Waals surface area contributed by atoms with Gasteiger partial charge in [-0.2, -0.15) is 0 Å². The molecule has 1 fully saturated rings. The Kier molecular flexibility index (Phi) is 9.28. The number of aromatic nitrogens is 3. The third-order valence-electron chi connectivity index (χ3n) is 7.50. The largest absolute Gasteiger partial charge is 0.459 e. The average molecular weight is 550 g/mol. The molecule has 1 aliphatic rings. The molecule has 0 aliphatic heterocycles. The summed E-state index contributed by atoms with van der Waals surface area (Å²) in [6.07, 6.45) is 1.62. The van der Waals surface area contributed by atoms with Crippen molar-refractivity contribution in [1.82, 2.24) is 19.5 Å². The van der Waals surface area contributed by atoms with Gasteiger partial charge in [0.1, 0.15) is 30.8 Å². The summed E-state index contributed by atoms with van der Waals surface area (Å²) >= 11 is 0. The molecule has 3 aromatic rings. The van der Waals surface area contributed by atoms with E-state index in [9.17, 15) is 9.59 Å². The molecule has 1 N–H and O–H groups in total. The van der Waals surface area contributed by atoms with Crippen molar-refractivity contribution in [2.45, 2.75) is 60.5 Å². The van der Waals surface area contributed by atoms with E-state index in [1.54, 1.807) is 0 Å². The van der Waals surface area contributed by atoms with Crippen LogP contribution in [0.5, 0.6) is 0 Å². The second-order valence-electron chi connectivity index (χ2n) is 10.8. The zero-order valence-electron chi connectivity index (χ0n) is 24.2. The van der Waals surface area contributed by atoms with Crippen molar-refractivity contribution in [3.05, 3.63) is 52.5 Å². The number of hydrogen-bond acceptors (Lipinski definition) is 6. The van der Waals surface area contributed by atoms with Crippen LogP contribution < -0.4 is 0 Å². The smallest absolute Gasteiger partial charge is 0.331 e. The molecule has 10 heteroatoms. The highest BCUT2D eigenvalue weighted by Gasteiger charge is 2.38. The van der Waals surface area contributed by atoms with E-state index in [-0.39, 0.29) is 54.0 Å². The summed E-state index contributed by atoms with van der Waals surface area (Å²) in [5.41, 5.74) is 1.91. The van der Waals surface area contributed by atoms with Crippen LogP contribution in [0.4, 0.5) is 5.69 Å². The van der Waals surface area contributed by atoms with E-state index in [2.05, 4.69) is 30.7 Å². The van der Waals surface area contributed by atoms with Crippen molar-refractivity contribution in [3.8, 4) is 11.4 Å². The predicted molar refractivity (Wildman–Crippen MR) is 151 cm³/mol. The number of rotatable bonds is 10. The quantitative estimate of drug-likeness (QED) is 0.193. The fourth-order valence-electron chi connectivity index (χ4n) is 5.65. The van der Waals surface area contributed by atoms with Gasteiger partial charge >= 0.3 is 5.97 Å². The van der Waals surface area contributed by atoms with Crippen LogP contribution in [-0.4, -0.2) is 64.2 Å². The molecular formula is C30H39N5O5. The van der Waals surface area contributed by atoms with Gasteiger partial charge in [-0.05, 0) is 51.4 Å². The number of esters is 1. The molecule has 0 spiro atoms. The molecule has 10 nitrogen and oxygen atoms in total. The zero-order chi connectivity index (χ0) is 29.0. The first kappa shape index (κ1) is 29.3. The Bertz CT molecular complexity index is 1370. The molecule has 4 rings (SSSR count). The van der Waals surface area contributed by atoms with Gasteiger partial charge in [0.05, 0.1) is 6.57 Å². The Morgan fingerprint density at radius 3 is 2.23 bits per heavy atom. The molecule has 1 aliphatic carbocycles. The van der Waals surface area contributed by atoms with Crippen LogP contribution in [0.1, 0.15) is 73.9 Å². The average Bonchev–Trinajstić information content (AvgIpc) is 3.47. The minimum atomic E-state index is -0.649. The number of nitrogens with one attached hydrogen (secondary N) is 1. The Balaban J connectivity index is 1.84. The van der Waals surface area contributed by atoms with Crippen molar-refractivity contribution in [2.24, 2.45) is 17.8 Å². The lowest BCUT2D eigenvalue weighted by molar-refractivity contribution is -0.0263. The van der Waals surface area contributed by atoms with E-state index >= 15 is 0 Å². The molecule has 214 valence electrons. The number of amides is 1. The first-order valence-electron chi connectivity index (χ1n) is 13.9. The summed E-state index contributed by atoms with van der Waals surface area (Å²) in [6, 6.07) is 7.73. The van der Waals surface area contributed by atoms with Gasteiger partial charge in [0.25, 0.3) is 5.91 Å².